The molecule has 0 aromatic heterocycles. The predicted octanol–water partition coefficient (Wildman–Crippen LogP) is 4.30. The smallest absolute Gasteiger partial charge is 0.693 e. The molecular weight excluding hydrogens is 185 g/mol. The Hall–Kier alpha value is 0.383. The zero-order chi connectivity index (χ0) is 0. The monoisotopic (exact) mass is 198 g/mol. The zero-order valence-electron chi connectivity index (χ0n) is 3.82. The maximum atomic E-state index is 0. The molecule has 7 heavy (non-hydrogen) atoms. The minimum absolute atomic E-state index is 0. The van der Waals surface area contributed by atoms with Crippen LogP contribution in [-0.2, 0) is 19.5 Å². The molecule has 0 rings (SSSR count). The molecule has 0 aromatic carbocycles. The van der Waals surface area contributed by atoms with Crippen LogP contribution < -0.4 is 0 Å². The van der Waals surface area contributed by atoms with Crippen LogP contribution >= 0.6 is 0 Å². The molecule has 0 spiro atoms. The average molecular weight is 197 g/mol. The SMILES string of the molecule is [NH2-].[NH2-].[NH2-].[NH2-].[NH2-].[NH2-].[Ru+3]. The van der Waals surface area contributed by atoms with Gasteiger partial charge in [0, 0.05) is 0 Å². The van der Waals surface area contributed by atoms with Gasteiger partial charge in [0.15, 0.2) is 0 Å². The molecule has 6 nitrogen and oxygen atoms in total. The Morgan fingerprint density at radius 1 is 0.286 bits per heavy atom. The van der Waals surface area contributed by atoms with Crippen molar-refractivity contribution in [1.82, 2.24) is 0 Å². The van der Waals surface area contributed by atoms with E-state index in [9.17, 15) is 0 Å². The van der Waals surface area contributed by atoms with Crippen LogP contribution in [0.3, 0.4) is 0 Å². The van der Waals surface area contributed by atoms with Crippen molar-refractivity contribution in [3.05, 3.63) is 36.9 Å². The van der Waals surface area contributed by atoms with E-state index >= 15 is 0 Å². The fourth-order valence-corrected chi connectivity index (χ4v) is 0. The van der Waals surface area contributed by atoms with E-state index in [0.717, 1.165) is 0 Å². The molecule has 1 radical (unpaired) electrons. The van der Waals surface area contributed by atoms with Crippen molar-refractivity contribution < 1.29 is 19.5 Å². The molecule has 0 aliphatic rings. The van der Waals surface area contributed by atoms with Crippen molar-refractivity contribution in [2.24, 2.45) is 0 Å². The average Bonchev–Trinajstić information content (AvgIpc) is 0. The van der Waals surface area contributed by atoms with Crippen molar-refractivity contribution in [3.8, 4) is 0 Å². The van der Waals surface area contributed by atoms with Gasteiger partial charge in [0.1, 0.15) is 0 Å². The first kappa shape index (κ1) is 2050. The molecule has 0 aromatic rings. The van der Waals surface area contributed by atoms with Gasteiger partial charge in [-0.1, -0.05) is 0 Å². The van der Waals surface area contributed by atoms with E-state index in [0.29, 0.717) is 0 Å². The summed E-state index contributed by atoms with van der Waals surface area (Å²) in [6.07, 6.45) is 0. The summed E-state index contributed by atoms with van der Waals surface area (Å²) in [5.41, 5.74) is 0. The largest absolute Gasteiger partial charge is 3.00 e. The quantitative estimate of drug-likeness (QED) is 0.498. The van der Waals surface area contributed by atoms with Crippen LogP contribution in [0.15, 0.2) is 0 Å². The number of rotatable bonds is 0. The molecule has 0 amide bonds. The van der Waals surface area contributed by atoms with Gasteiger partial charge < -0.3 is 36.9 Å². The molecule has 53 valence electrons. The Balaban J connectivity index is 0. The van der Waals surface area contributed by atoms with Crippen LogP contribution in [0.5, 0.6) is 0 Å². The van der Waals surface area contributed by atoms with Crippen molar-refractivity contribution >= 4 is 0 Å². The van der Waals surface area contributed by atoms with Gasteiger partial charge in [-0.2, -0.15) is 0 Å². The van der Waals surface area contributed by atoms with Gasteiger partial charge in [0.05, 0.1) is 0 Å². The first-order valence-electron chi connectivity index (χ1n) is 0. The minimum atomic E-state index is 0. The third-order valence-corrected chi connectivity index (χ3v) is 0. The van der Waals surface area contributed by atoms with Crippen LogP contribution in [0.4, 0.5) is 0 Å². The van der Waals surface area contributed by atoms with Crippen molar-refractivity contribution in [1.29, 1.82) is 0 Å². The normalized spacial score (nSPS) is 0. The Kier molecular flexibility index (Phi) is 368000. The standard InChI is InChI=1S/6H2N.Ru/h6*1H2;/q6*-1;+3. The fraction of sp³-hybridized carbons (Fsp3) is 0. The molecule has 0 aliphatic carbocycles. The molecule has 0 aliphatic heterocycles. The number of hydrogen-bond donors (Lipinski definition) is 0. The molecule has 0 heterocycles. The number of nitrogens with two attached hydrogens (primary N) is 6. The van der Waals surface area contributed by atoms with Crippen molar-refractivity contribution in [3.63, 3.8) is 0 Å². The van der Waals surface area contributed by atoms with Crippen LogP contribution in [0.2, 0.25) is 0 Å². The van der Waals surface area contributed by atoms with Gasteiger partial charge in [0.25, 0.3) is 0 Å². The van der Waals surface area contributed by atoms with E-state index in [-0.39, 0.29) is 56.4 Å². The second-order valence-corrected chi connectivity index (χ2v) is 0. The van der Waals surface area contributed by atoms with Gasteiger partial charge in [0.2, 0.25) is 0 Å². The first-order chi connectivity index (χ1) is 0. The minimum Gasteiger partial charge on any atom is -0.693 e. The molecule has 0 unspecified atom stereocenters. The Labute approximate surface area is 57.1 Å². The van der Waals surface area contributed by atoms with Gasteiger partial charge in [-0.05, 0) is 0 Å². The second-order valence-electron chi connectivity index (χ2n) is 0. The predicted molar refractivity (Wildman–Crippen MR) is 31.7 cm³/mol. The molecule has 0 saturated carbocycles. The van der Waals surface area contributed by atoms with Gasteiger partial charge >= 0.3 is 19.5 Å². The van der Waals surface area contributed by atoms with Crippen LogP contribution in [0, 0.1) is 0 Å². The van der Waals surface area contributed by atoms with Gasteiger partial charge in [-0.25, -0.2) is 0 Å². The molecule has 7 heteroatoms. The summed E-state index contributed by atoms with van der Waals surface area (Å²) in [5, 5.41) is 0. The van der Waals surface area contributed by atoms with E-state index in [2.05, 4.69) is 0 Å². The molecular formula is H12N6Ru-3. The van der Waals surface area contributed by atoms with E-state index in [1.807, 2.05) is 0 Å². The van der Waals surface area contributed by atoms with E-state index in [1.54, 1.807) is 0 Å². The van der Waals surface area contributed by atoms with Crippen LogP contribution in [-0.4, -0.2) is 0 Å². The topological polar surface area (TPSA) is 201 Å². The molecule has 0 saturated heterocycles. The van der Waals surface area contributed by atoms with E-state index in [1.165, 1.54) is 0 Å². The van der Waals surface area contributed by atoms with Gasteiger partial charge in [-0.15, -0.1) is 0 Å². The fourth-order valence-electron chi connectivity index (χ4n) is 0. The Bertz CT molecular complexity index is 4.14. The Morgan fingerprint density at radius 3 is 0.286 bits per heavy atom. The van der Waals surface area contributed by atoms with E-state index in [4.69, 9.17) is 0 Å². The summed E-state index contributed by atoms with van der Waals surface area (Å²) < 4.78 is 0. The first-order valence-corrected chi connectivity index (χ1v) is 0. The Morgan fingerprint density at radius 2 is 0.286 bits per heavy atom. The van der Waals surface area contributed by atoms with Gasteiger partial charge in [-0.3, -0.25) is 0 Å². The molecule has 0 bridgehead atoms. The summed E-state index contributed by atoms with van der Waals surface area (Å²) >= 11 is 0. The molecule has 0 fully saturated rings. The van der Waals surface area contributed by atoms with E-state index < -0.39 is 0 Å². The zero-order valence-corrected chi connectivity index (χ0v) is 5.56. The van der Waals surface area contributed by atoms with Crippen molar-refractivity contribution in [2.45, 2.75) is 0 Å². The summed E-state index contributed by atoms with van der Waals surface area (Å²) in [6.45, 7) is 0. The molecule has 0 atom stereocenters. The third-order valence-electron chi connectivity index (χ3n) is 0. The second kappa shape index (κ2) is 1260. The maximum Gasteiger partial charge on any atom is 3.00 e. The molecule has 12 N–H and O–H groups in total. The van der Waals surface area contributed by atoms with Crippen LogP contribution in [0.25, 0.3) is 36.9 Å². The summed E-state index contributed by atoms with van der Waals surface area (Å²) in [6, 6.07) is 0. The summed E-state index contributed by atoms with van der Waals surface area (Å²) in [4.78, 5) is 0. The summed E-state index contributed by atoms with van der Waals surface area (Å²) in [7, 11) is 0. The third kappa shape index (κ3) is 834. The van der Waals surface area contributed by atoms with Crippen molar-refractivity contribution in [2.75, 3.05) is 0 Å². The summed E-state index contributed by atoms with van der Waals surface area (Å²) in [5.74, 6) is 0. The number of hydrogen-bond acceptors (Lipinski definition) is 0. The van der Waals surface area contributed by atoms with Crippen LogP contribution in [0.1, 0.15) is 0 Å². The maximum absolute atomic E-state index is 0.